The fraction of sp³-hybridized carbons (Fsp3) is 0.214. The molecule has 0 unspecified atom stereocenters. The van der Waals surface area contributed by atoms with Crippen molar-refractivity contribution in [3.63, 3.8) is 0 Å². The molecule has 0 aliphatic heterocycles. The first kappa shape index (κ1) is 14.0. The second kappa shape index (κ2) is 4.94. The van der Waals surface area contributed by atoms with Crippen LogP contribution in [0, 0.1) is 11.3 Å². The van der Waals surface area contributed by atoms with E-state index in [1.54, 1.807) is 0 Å². The first-order valence-electron chi connectivity index (χ1n) is 6.27. The number of nitriles is 1. The standard InChI is InChI=1S/C14H17N5Si/c1-20(2,3)10-6-4-9(5-7-10)12-11(8-15)13(16)19-14(17)18-12/h4-7H,1-3H3,(H4,16,17,18,19). The Bertz CT molecular complexity index is 680. The average molecular weight is 283 g/mol. The van der Waals surface area contributed by atoms with Crippen LogP contribution in [-0.4, -0.2) is 18.0 Å². The molecule has 1 aromatic heterocycles. The van der Waals surface area contributed by atoms with Gasteiger partial charge in [0.15, 0.2) is 0 Å². The number of nitrogens with zero attached hydrogens (tertiary/aromatic N) is 3. The molecule has 0 radical (unpaired) electrons. The molecule has 0 aliphatic carbocycles. The summed E-state index contributed by atoms with van der Waals surface area (Å²) in [4.78, 5) is 7.96. The Morgan fingerprint density at radius 1 is 1.05 bits per heavy atom. The van der Waals surface area contributed by atoms with Gasteiger partial charge in [0.05, 0.1) is 13.8 Å². The summed E-state index contributed by atoms with van der Waals surface area (Å²) in [5, 5.41) is 10.5. The molecule has 1 heterocycles. The van der Waals surface area contributed by atoms with Gasteiger partial charge in [-0.1, -0.05) is 49.1 Å². The number of nitrogen functional groups attached to an aromatic ring is 2. The van der Waals surface area contributed by atoms with E-state index in [-0.39, 0.29) is 17.3 Å². The maximum atomic E-state index is 9.19. The molecule has 0 bridgehead atoms. The van der Waals surface area contributed by atoms with E-state index in [9.17, 15) is 5.26 Å². The Balaban J connectivity index is 2.56. The van der Waals surface area contributed by atoms with Gasteiger partial charge in [-0.3, -0.25) is 0 Å². The number of hydrogen-bond acceptors (Lipinski definition) is 5. The third-order valence-corrected chi connectivity index (χ3v) is 5.16. The number of hydrogen-bond donors (Lipinski definition) is 2. The molecule has 5 nitrogen and oxygen atoms in total. The van der Waals surface area contributed by atoms with Crippen molar-refractivity contribution in [2.24, 2.45) is 0 Å². The smallest absolute Gasteiger partial charge is 0.222 e. The van der Waals surface area contributed by atoms with Crippen LogP contribution < -0.4 is 16.7 Å². The van der Waals surface area contributed by atoms with Crippen LogP contribution in [0.5, 0.6) is 0 Å². The Morgan fingerprint density at radius 2 is 1.65 bits per heavy atom. The second-order valence-electron chi connectivity index (χ2n) is 5.63. The van der Waals surface area contributed by atoms with Crippen LogP contribution in [0.15, 0.2) is 24.3 Å². The molecule has 2 rings (SSSR count). The fourth-order valence-electron chi connectivity index (χ4n) is 1.94. The summed E-state index contributed by atoms with van der Waals surface area (Å²) in [6, 6.07) is 10.1. The molecule has 0 saturated carbocycles. The van der Waals surface area contributed by atoms with E-state index in [1.807, 2.05) is 18.2 Å². The summed E-state index contributed by atoms with van der Waals surface area (Å²) in [5.74, 6) is 0.190. The SMILES string of the molecule is C[Si](C)(C)c1ccc(-c2nc(N)nc(N)c2C#N)cc1. The van der Waals surface area contributed by atoms with Crippen LogP contribution in [-0.2, 0) is 0 Å². The molecule has 0 atom stereocenters. The summed E-state index contributed by atoms with van der Waals surface area (Å²) in [7, 11) is -1.35. The topological polar surface area (TPSA) is 102 Å². The third-order valence-electron chi connectivity index (χ3n) is 3.09. The van der Waals surface area contributed by atoms with Gasteiger partial charge in [0.25, 0.3) is 0 Å². The molecule has 2 aromatic rings. The van der Waals surface area contributed by atoms with Crippen LogP contribution in [0.25, 0.3) is 11.3 Å². The maximum Gasteiger partial charge on any atom is 0.222 e. The largest absolute Gasteiger partial charge is 0.382 e. The number of rotatable bonds is 2. The van der Waals surface area contributed by atoms with Gasteiger partial charge in [-0.05, 0) is 0 Å². The van der Waals surface area contributed by atoms with Crippen molar-refractivity contribution < 1.29 is 0 Å². The molecule has 0 saturated heterocycles. The zero-order valence-corrected chi connectivity index (χ0v) is 12.8. The number of anilines is 2. The third kappa shape index (κ3) is 2.63. The van der Waals surface area contributed by atoms with E-state index in [1.165, 1.54) is 5.19 Å². The van der Waals surface area contributed by atoms with Crippen LogP contribution >= 0.6 is 0 Å². The average Bonchev–Trinajstić information content (AvgIpc) is 2.37. The molecule has 0 amide bonds. The lowest BCUT2D eigenvalue weighted by molar-refractivity contribution is 1.18. The van der Waals surface area contributed by atoms with Gasteiger partial charge in [0.1, 0.15) is 17.5 Å². The molecule has 0 fully saturated rings. The summed E-state index contributed by atoms with van der Waals surface area (Å²) in [6.07, 6.45) is 0. The van der Waals surface area contributed by atoms with E-state index >= 15 is 0 Å². The van der Waals surface area contributed by atoms with Crippen molar-refractivity contribution in [1.29, 1.82) is 5.26 Å². The molecule has 6 heteroatoms. The van der Waals surface area contributed by atoms with Crippen LogP contribution in [0.2, 0.25) is 19.6 Å². The Morgan fingerprint density at radius 3 is 2.15 bits per heavy atom. The maximum absolute atomic E-state index is 9.19. The van der Waals surface area contributed by atoms with Gasteiger partial charge < -0.3 is 11.5 Å². The van der Waals surface area contributed by atoms with E-state index in [4.69, 9.17) is 11.5 Å². The molecule has 0 aliphatic rings. The van der Waals surface area contributed by atoms with Gasteiger partial charge in [0.2, 0.25) is 5.95 Å². The zero-order valence-electron chi connectivity index (χ0n) is 11.8. The lowest BCUT2D eigenvalue weighted by atomic mass is 10.1. The van der Waals surface area contributed by atoms with Crippen LogP contribution in [0.3, 0.4) is 0 Å². The van der Waals surface area contributed by atoms with Gasteiger partial charge in [0, 0.05) is 5.56 Å². The Hall–Kier alpha value is -2.39. The molecule has 1 aromatic carbocycles. The van der Waals surface area contributed by atoms with Gasteiger partial charge in [-0.15, -0.1) is 0 Å². The Kier molecular flexibility index (Phi) is 3.47. The van der Waals surface area contributed by atoms with Gasteiger partial charge in [-0.2, -0.15) is 10.2 Å². The Labute approximate surface area is 119 Å². The van der Waals surface area contributed by atoms with Gasteiger partial charge >= 0.3 is 0 Å². The quantitative estimate of drug-likeness (QED) is 0.817. The van der Waals surface area contributed by atoms with Gasteiger partial charge in [-0.25, -0.2) is 4.98 Å². The van der Waals surface area contributed by atoms with E-state index in [0.717, 1.165) is 5.56 Å². The fourth-order valence-corrected chi connectivity index (χ4v) is 3.11. The van der Waals surface area contributed by atoms with Crippen molar-refractivity contribution >= 4 is 25.0 Å². The summed E-state index contributed by atoms with van der Waals surface area (Å²) in [6.45, 7) is 6.84. The highest BCUT2D eigenvalue weighted by Gasteiger charge is 2.17. The number of aromatic nitrogens is 2. The van der Waals surface area contributed by atoms with Crippen molar-refractivity contribution in [1.82, 2.24) is 9.97 Å². The van der Waals surface area contributed by atoms with Crippen molar-refractivity contribution in [3.8, 4) is 17.3 Å². The summed E-state index contributed by atoms with van der Waals surface area (Å²) in [5.41, 5.74) is 12.9. The lowest BCUT2D eigenvalue weighted by Gasteiger charge is -2.17. The monoisotopic (exact) mass is 283 g/mol. The molecule has 102 valence electrons. The molecule has 4 N–H and O–H groups in total. The molecular weight excluding hydrogens is 266 g/mol. The van der Waals surface area contributed by atoms with Crippen molar-refractivity contribution in [2.75, 3.05) is 11.5 Å². The minimum absolute atomic E-state index is 0.0748. The van der Waals surface area contributed by atoms with E-state index in [0.29, 0.717) is 5.69 Å². The zero-order chi connectivity index (χ0) is 14.9. The van der Waals surface area contributed by atoms with Crippen LogP contribution in [0.4, 0.5) is 11.8 Å². The van der Waals surface area contributed by atoms with E-state index < -0.39 is 8.07 Å². The number of benzene rings is 1. The molecular formula is C14H17N5Si. The first-order valence-corrected chi connectivity index (χ1v) is 9.77. The summed E-state index contributed by atoms with van der Waals surface area (Å²) < 4.78 is 0. The lowest BCUT2D eigenvalue weighted by Crippen LogP contribution is -2.37. The highest BCUT2D eigenvalue weighted by molar-refractivity contribution is 6.88. The highest BCUT2D eigenvalue weighted by Crippen LogP contribution is 2.24. The predicted octanol–water partition coefficient (Wildman–Crippen LogP) is 1.72. The summed E-state index contributed by atoms with van der Waals surface area (Å²) >= 11 is 0. The first-order chi connectivity index (χ1) is 9.32. The second-order valence-corrected chi connectivity index (χ2v) is 10.7. The highest BCUT2D eigenvalue weighted by atomic mass is 28.3. The number of nitrogens with two attached hydrogens (primary N) is 2. The predicted molar refractivity (Wildman–Crippen MR) is 84.0 cm³/mol. The minimum atomic E-state index is -1.35. The minimum Gasteiger partial charge on any atom is -0.382 e. The normalized spacial score (nSPS) is 11.1. The van der Waals surface area contributed by atoms with E-state index in [2.05, 4.69) is 41.7 Å². The molecule has 20 heavy (non-hydrogen) atoms. The van der Waals surface area contributed by atoms with Crippen molar-refractivity contribution in [3.05, 3.63) is 29.8 Å². The molecule has 0 spiro atoms. The van der Waals surface area contributed by atoms with Crippen LogP contribution in [0.1, 0.15) is 5.56 Å². The van der Waals surface area contributed by atoms with Crippen molar-refractivity contribution in [2.45, 2.75) is 19.6 Å².